The number of aromatic amines is 1. The fourth-order valence-electron chi connectivity index (χ4n) is 4.68. The molecule has 8 nitrogen and oxygen atoms in total. The number of imidazole rings is 1. The van der Waals surface area contributed by atoms with E-state index in [1.165, 1.54) is 13.5 Å². The molecule has 2 N–H and O–H groups in total. The molecular weight excluding hydrogens is 418 g/mol. The van der Waals surface area contributed by atoms with Crippen molar-refractivity contribution in [3.8, 4) is 0 Å². The lowest BCUT2D eigenvalue weighted by molar-refractivity contribution is -0.142. The molecule has 4 heterocycles. The van der Waals surface area contributed by atoms with Crippen molar-refractivity contribution < 1.29 is 14.3 Å². The molecule has 1 aliphatic heterocycles. The summed E-state index contributed by atoms with van der Waals surface area (Å²) in [6.45, 7) is 2.73. The monoisotopic (exact) mass is 445 g/mol. The predicted octanol–water partition coefficient (Wildman–Crippen LogP) is 3.46. The Balaban J connectivity index is 1.48. The fourth-order valence-corrected chi connectivity index (χ4v) is 4.68. The van der Waals surface area contributed by atoms with Crippen LogP contribution in [0, 0.1) is 6.92 Å². The molecule has 1 aliphatic rings. The average Bonchev–Trinajstić information content (AvgIpc) is 3.29. The largest absolute Gasteiger partial charge is 0.467 e. The number of esters is 1. The van der Waals surface area contributed by atoms with Crippen LogP contribution in [-0.4, -0.2) is 44.5 Å². The number of hydrogen-bond acceptors (Lipinski definition) is 5. The van der Waals surface area contributed by atoms with Crippen molar-refractivity contribution >= 4 is 33.9 Å². The van der Waals surface area contributed by atoms with E-state index in [0.29, 0.717) is 17.5 Å². The number of aromatic nitrogens is 4. The van der Waals surface area contributed by atoms with Crippen molar-refractivity contribution in [2.45, 2.75) is 51.6 Å². The third-order valence-corrected chi connectivity index (χ3v) is 6.33. The van der Waals surface area contributed by atoms with Crippen molar-refractivity contribution in [2.24, 2.45) is 0 Å². The molecular formula is C25H27N5O3. The summed E-state index contributed by atoms with van der Waals surface area (Å²) in [4.78, 5) is 38.7. The van der Waals surface area contributed by atoms with E-state index in [0.717, 1.165) is 59.4 Å². The summed E-state index contributed by atoms with van der Waals surface area (Å²) in [5.74, 6) is 0.128. The molecule has 4 aromatic rings. The zero-order chi connectivity index (χ0) is 22.9. The van der Waals surface area contributed by atoms with Gasteiger partial charge in [0.15, 0.2) is 5.65 Å². The van der Waals surface area contributed by atoms with Crippen LogP contribution >= 0.6 is 0 Å². The zero-order valence-electron chi connectivity index (χ0n) is 18.9. The second kappa shape index (κ2) is 8.69. The van der Waals surface area contributed by atoms with Crippen molar-refractivity contribution in [1.82, 2.24) is 24.8 Å². The van der Waals surface area contributed by atoms with E-state index < -0.39 is 12.0 Å². The van der Waals surface area contributed by atoms with Crippen LogP contribution in [0.1, 0.15) is 46.7 Å². The standard InChI is InChI=1S/C25H27N5O3/c1-15-12-18(22-23(27-15)30-11-7-3-4-10-21(30)29-22)24(31)28-20(25(32)33-2)13-16-14-26-19-9-6-5-8-17(16)19/h5-6,8-9,12,14,20,26H,3-4,7,10-11,13H2,1-2H3,(H,28,31)/t20-/m1/s1. The highest BCUT2D eigenvalue weighted by molar-refractivity contribution is 6.05. The first-order valence-corrected chi connectivity index (χ1v) is 11.4. The first-order valence-electron chi connectivity index (χ1n) is 11.4. The van der Waals surface area contributed by atoms with Crippen LogP contribution in [0.5, 0.6) is 0 Å². The SMILES string of the molecule is COC(=O)[C@@H](Cc1c[nH]c2ccccc12)NC(=O)c1cc(C)nc2c1nc1n2CCCCC1. The molecule has 0 radical (unpaired) electrons. The topological polar surface area (TPSA) is 102 Å². The van der Waals surface area contributed by atoms with E-state index in [9.17, 15) is 9.59 Å². The highest BCUT2D eigenvalue weighted by Crippen LogP contribution is 2.25. The molecule has 0 unspecified atom stereocenters. The van der Waals surface area contributed by atoms with Gasteiger partial charge in [0.2, 0.25) is 0 Å². The van der Waals surface area contributed by atoms with E-state index in [-0.39, 0.29) is 5.91 Å². The smallest absolute Gasteiger partial charge is 0.328 e. The zero-order valence-corrected chi connectivity index (χ0v) is 18.9. The number of ether oxygens (including phenoxy) is 1. The summed E-state index contributed by atoms with van der Waals surface area (Å²) in [6.07, 6.45) is 6.38. The first kappa shape index (κ1) is 21.2. The molecule has 1 aromatic carbocycles. The van der Waals surface area contributed by atoms with E-state index in [1.54, 1.807) is 6.07 Å². The molecule has 0 saturated carbocycles. The lowest BCUT2D eigenvalue weighted by Crippen LogP contribution is -2.43. The maximum Gasteiger partial charge on any atom is 0.328 e. The van der Waals surface area contributed by atoms with E-state index in [2.05, 4.69) is 19.9 Å². The minimum atomic E-state index is -0.828. The number of fused-ring (bicyclic) bond motifs is 4. The van der Waals surface area contributed by atoms with Crippen LogP contribution < -0.4 is 5.32 Å². The Morgan fingerprint density at radius 1 is 1.21 bits per heavy atom. The number of pyridine rings is 1. The number of H-pyrrole nitrogens is 1. The molecule has 0 aliphatic carbocycles. The highest BCUT2D eigenvalue weighted by atomic mass is 16.5. The lowest BCUT2D eigenvalue weighted by atomic mass is 10.0. The number of aryl methyl sites for hydroxylation is 3. The molecule has 33 heavy (non-hydrogen) atoms. The molecule has 0 spiro atoms. The Kier molecular flexibility index (Phi) is 5.58. The van der Waals surface area contributed by atoms with Crippen molar-refractivity contribution in [3.05, 3.63) is 59.2 Å². The van der Waals surface area contributed by atoms with Crippen molar-refractivity contribution in [2.75, 3.05) is 7.11 Å². The summed E-state index contributed by atoms with van der Waals surface area (Å²) in [5.41, 5.74) is 4.42. The second-order valence-electron chi connectivity index (χ2n) is 8.59. The lowest BCUT2D eigenvalue weighted by Gasteiger charge is -2.17. The fraction of sp³-hybridized carbons (Fsp3) is 0.360. The summed E-state index contributed by atoms with van der Waals surface area (Å²) in [7, 11) is 1.33. The Labute approximate surface area is 191 Å². The number of methoxy groups -OCH3 is 1. The minimum absolute atomic E-state index is 0.315. The van der Waals surface area contributed by atoms with Crippen LogP contribution in [0.25, 0.3) is 22.1 Å². The average molecular weight is 446 g/mol. The van der Waals surface area contributed by atoms with Gasteiger partial charge in [-0.25, -0.2) is 14.8 Å². The Morgan fingerprint density at radius 3 is 2.91 bits per heavy atom. The second-order valence-corrected chi connectivity index (χ2v) is 8.59. The van der Waals surface area contributed by atoms with Crippen LogP contribution in [0.15, 0.2) is 36.5 Å². The maximum atomic E-state index is 13.4. The Bertz CT molecular complexity index is 1350. The minimum Gasteiger partial charge on any atom is -0.467 e. The van der Waals surface area contributed by atoms with Gasteiger partial charge < -0.3 is 19.6 Å². The Morgan fingerprint density at radius 2 is 2.06 bits per heavy atom. The van der Waals surface area contributed by atoms with Gasteiger partial charge in [-0.1, -0.05) is 24.6 Å². The summed E-state index contributed by atoms with van der Waals surface area (Å²) < 4.78 is 7.14. The number of nitrogens with zero attached hydrogens (tertiary/aromatic N) is 3. The number of rotatable bonds is 5. The van der Waals surface area contributed by atoms with Crippen LogP contribution in [-0.2, 0) is 28.9 Å². The molecule has 1 atom stereocenters. The van der Waals surface area contributed by atoms with Crippen molar-refractivity contribution in [1.29, 1.82) is 0 Å². The molecule has 0 saturated heterocycles. The van der Waals surface area contributed by atoms with Crippen LogP contribution in [0.2, 0.25) is 0 Å². The number of amides is 1. The number of nitrogens with one attached hydrogen (secondary N) is 2. The van der Waals surface area contributed by atoms with Gasteiger partial charge in [-0.05, 0) is 37.5 Å². The third kappa shape index (κ3) is 3.97. The van der Waals surface area contributed by atoms with Crippen LogP contribution in [0.3, 0.4) is 0 Å². The van der Waals surface area contributed by atoms with Gasteiger partial charge in [-0.2, -0.15) is 0 Å². The molecule has 5 rings (SSSR count). The number of benzene rings is 1. The van der Waals surface area contributed by atoms with Crippen molar-refractivity contribution in [3.63, 3.8) is 0 Å². The molecule has 0 fully saturated rings. The van der Waals surface area contributed by atoms with Gasteiger partial charge in [0.05, 0.1) is 12.7 Å². The normalized spacial score (nSPS) is 14.6. The van der Waals surface area contributed by atoms with Gasteiger partial charge in [0.1, 0.15) is 17.4 Å². The number of para-hydroxylation sites is 1. The number of carbonyl (C=O) groups is 2. The third-order valence-electron chi connectivity index (χ3n) is 6.33. The summed E-state index contributed by atoms with van der Waals surface area (Å²) >= 11 is 0. The van der Waals surface area contributed by atoms with Gasteiger partial charge in [0.25, 0.3) is 5.91 Å². The molecule has 3 aromatic heterocycles. The number of carbonyl (C=O) groups excluding carboxylic acids is 2. The summed E-state index contributed by atoms with van der Waals surface area (Å²) in [6, 6.07) is 8.78. The van der Waals surface area contributed by atoms with Gasteiger partial charge in [-0.15, -0.1) is 0 Å². The van der Waals surface area contributed by atoms with Gasteiger partial charge >= 0.3 is 5.97 Å². The highest BCUT2D eigenvalue weighted by Gasteiger charge is 2.27. The maximum absolute atomic E-state index is 13.4. The predicted molar refractivity (Wildman–Crippen MR) is 125 cm³/mol. The van der Waals surface area contributed by atoms with E-state index in [1.807, 2.05) is 37.4 Å². The quantitative estimate of drug-likeness (QED) is 0.458. The molecule has 8 heteroatoms. The first-order chi connectivity index (χ1) is 16.0. The van der Waals surface area contributed by atoms with Gasteiger partial charge in [-0.3, -0.25) is 4.79 Å². The molecule has 1 amide bonds. The Hall–Kier alpha value is -3.68. The van der Waals surface area contributed by atoms with E-state index in [4.69, 9.17) is 9.72 Å². The van der Waals surface area contributed by atoms with Crippen LogP contribution in [0.4, 0.5) is 0 Å². The molecule has 170 valence electrons. The van der Waals surface area contributed by atoms with E-state index >= 15 is 0 Å². The molecule has 0 bridgehead atoms. The summed E-state index contributed by atoms with van der Waals surface area (Å²) in [5, 5.41) is 3.91. The van der Waals surface area contributed by atoms with Gasteiger partial charge in [0, 0.05) is 42.2 Å². The number of hydrogen-bond donors (Lipinski definition) is 2.